The van der Waals surface area contributed by atoms with Crippen LogP contribution in [-0.4, -0.2) is 38.4 Å². The summed E-state index contributed by atoms with van der Waals surface area (Å²) in [6.45, 7) is 1.05. The quantitative estimate of drug-likeness (QED) is 0.814. The van der Waals surface area contributed by atoms with Crippen molar-refractivity contribution in [1.29, 1.82) is 5.26 Å². The molecule has 1 saturated carbocycles. The average Bonchev–Trinajstić information content (AvgIpc) is 2.94. The van der Waals surface area contributed by atoms with Crippen molar-refractivity contribution in [2.24, 2.45) is 5.92 Å². The SMILES string of the molecule is N#Cc1cn(CC(=O)N2CCCC3CCCCC32)nn1. The minimum atomic E-state index is 0.107. The van der Waals surface area contributed by atoms with Gasteiger partial charge in [0.05, 0.1) is 6.20 Å². The molecule has 6 nitrogen and oxygen atoms in total. The molecule has 0 bridgehead atoms. The van der Waals surface area contributed by atoms with Gasteiger partial charge in [-0.15, -0.1) is 5.10 Å². The Bertz CT molecular complexity index is 530. The topological polar surface area (TPSA) is 74.8 Å². The van der Waals surface area contributed by atoms with Crippen LogP contribution in [0, 0.1) is 17.2 Å². The smallest absolute Gasteiger partial charge is 0.244 e. The zero-order valence-electron chi connectivity index (χ0n) is 11.5. The van der Waals surface area contributed by atoms with Gasteiger partial charge in [-0.05, 0) is 31.6 Å². The van der Waals surface area contributed by atoms with E-state index >= 15 is 0 Å². The number of nitriles is 1. The monoisotopic (exact) mass is 273 g/mol. The lowest BCUT2D eigenvalue weighted by Crippen LogP contribution is -2.50. The fraction of sp³-hybridized carbons (Fsp3) is 0.714. The van der Waals surface area contributed by atoms with E-state index in [-0.39, 0.29) is 18.1 Å². The number of nitrogens with zero attached hydrogens (tertiary/aromatic N) is 5. The Morgan fingerprint density at radius 2 is 2.15 bits per heavy atom. The summed E-state index contributed by atoms with van der Waals surface area (Å²) in [5, 5.41) is 16.2. The summed E-state index contributed by atoms with van der Waals surface area (Å²) in [4.78, 5) is 14.5. The van der Waals surface area contributed by atoms with E-state index in [9.17, 15) is 4.79 Å². The number of carbonyl (C=O) groups excluding carboxylic acids is 1. The second-order valence-corrected chi connectivity index (χ2v) is 5.75. The summed E-state index contributed by atoms with van der Waals surface area (Å²) in [6.07, 6.45) is 8.82. The van der Waals surface area contributed by atoms with Crippen LogP contribution in [-0.2, 0) is 11.3 Å². The van der Waals surface area contributed by atoms with Crippen LogP contribution < -0.4 is 0 Å². The highest BCUT2D eigenvalue weighted by atomic mass is 16.2. The molecular weight excluding hydrogens is 254 g/mol. The molecule has 0 aromatic carbocycles. The van der Waals surface area contributed by atoms with Crippen molar-refractivity contribution < 1.29 is 4.79 Å². The fourth-order valence-corrected chi connectivity index (χ4v) is 3.59. The maximum absolute atomic E-state index is 12.5. The first-order chi connectivity index (χ1) is 9.78. The lowest BCUT2D eigenvalue weighted by atomic mass is 9.78. The van der Waals surface area contributed by atoms with Gasteiger partial charge in [-0.25, -0.2) is 4.68 Å². The Labute approximate surface area is 118 Å². The van der Waals surface area contributed by atoms with Crippen molar-refractivity contribution in [2.45, 2.75) is 51.1 Å². The first-order valence-electron chi connectivity index (χ1n) is 7.37. The average molecular weight is 273 g/mol. The van der Waals surface area contributed by atoms with Gasteiger partial charge in [0.1, 0.15) is 12.6 Å². The van der Waals surface area contributed by atoms with Crippen LogP contribution in [0.1, 0.15) is 44.2 Å². The number of rotatable bonds is 2. The first kappa shape index (κ1) is 13.1. The van der Waals surface area contributed by atoms with Crippen molar-refractivity contribution in [3.05, 3.63) is 11.9 Å². The molecule has 1 amide bonds. The molecule has 1 aromatic heterocycles. The fourth-order valence-electron chi connectivity index (χ4n) is 3.59. The normalized spacial score (nSPS) is 25.9. The number of piperidine rings is 1. The van der Waals surface area contributed by atoms with Crippen molar-refractivity contribution >= 4 is 5.91 Å². The molecule has 2 aliphatic rings. The van der Waals surface area contributed by atoms with Gasteiger partial charge in [0, 0.05) is 12.6 Å². The Hall–Kier alpha value is -1.90. The third-order valence-electron chi connectivity index (χ3n) is 4.51. The van der Waals surface area contributed by atoms with Gasteiger partial charge < -0.3 is 4.90 Å². The van der Waals surface area contributed by atoms with Crippen LogP contribution in [0.3, 0.4) is 0 Å². The van der Waals surface area contributed by atoms with E-state index in [2.05, 4.69) is 10.3 Å². The van der Waals surface area contributed by atoms with Gasteiger partial charge in [-0.1, -0.05) is 18.1 Å². The van der Waals surface area contributed by atoms with Crippen molar-refractivity contribution in [2.75, 3.05) is 6.54 Å². The number of amides is 1. The van der Waals surface area contributed by atoms with Gasteiger partial charge in [-0.3, -0.25) is 4.79 Å². The van der Waals surface area contributed by atoms with E-state index in [1.54, 1.807) is 0 Å². The molecule has 2 fully saturated rings. The van der Waals surface area contributed by atoms with Gasteiger partial charge in [0.2, 0.25) is 5.91 Å². The van der Waals surface area contributed by atoms with Gasteiger partial charge in [-0.2, -0.15) is 5.26 Å². The number of likely N-dealkylation sites (tertiary alicyclic amines) is 1. The summed E-state index contributed by atoms with van der Waals surface area (Å²) >= 11 is 0. The number of hydrogen-bond acceptors (Lipinski definition) is 4. The van der Waals surface area contributed by atoms with Crippen LogP contribution in [0.5, 0.6) is 0 Å². The first-order valence-corrected chi connectivity index (χ1v) is 7.37. The maximum atomic E-state index is 12.5. The van der Waals surface area contributed by atoms with Crippen molar-refractivity contribution in [3.8, 4) is 6.07 Å². The molecule has 106 valence electrons. The molecule has 20 heavy (non-hydrogen) atoms. The second kappa shape index (κ2) is 5.61. The highest BCUT2D eigenvalue weighted by molar-refractivity contribution is 5.76. The molecule has 0 spiro atoms. The number of fused-ring (bicyclic) bond motifs is 1. The third-order valence-corrected chi connectivity index (χ3v) is 4.51. The van der Waals surface area contributed by atoms with Crippen LogP contribution in [0.2, 0.25) is 0 Å². The van der Waals surface area contributed by atoms with Crippen LogP contribution >= 0.6 is 0 Å². The Morgan fingerprint density at radius 3 is 2.95 bits per heavy atom. The zero-order valence-corrected chi connectivity index (χ0v) is 11.5. The zero-order chi connectivity index (χ0) is 13.9. The summed E-state index contributed by atoms with van der Waals surface area (Å²) < 4.78 is 1.47. The predicted molar refractivity (Wildman–Crippen MR) is 71.4 cm³/mol. The second-order valence-electron chi connectivity index (χ2n) is 5.75. The summed E-state index contributed by atoms with van der Waals surface area (Å²) in [5.41, 5.74) is 0.256. The molecule has 2 heterocycles. The molecule has 1 aliphatic carbocycles. The molecule has 3 rings (SSSR count). The standard InChI is InChI=1S/C14H19N5O/c15-8-12-9-18(17-16-12)10-14(20)19-7-3-5-11-4-1-2-6-13(11)19/h9,11,13H,1-7,10H2. The van der Waals surface area contributed by atoms with Crippen LogP contribution in [0.4, 0.5) is 0 Å². The van der Waals surface area contributed by atoms with Crippen molar-refractivity contribution in [1.82, 2.24) is 19.9 Å². The van der Waals surface area contributed by atoms with Gasteiger partial charge >= 0.3 is 0 Å². The van der Waals surface area contributed by atoms with Gasteiger partial charge in [0.15, 0.2) is 5.69 Å². The lowest BCUT2D eigenvalue weighted by Gasteiger charge is -2.44. The molecule has 6 heteroatoms. The molecule has 0 radical (unpaired) electrons. The molecule has 2 atom stereocenters. The van der Waals surface area contributed by atoms with Crippen LogP contribution in [0.25, 0.3) is 0 Å². The van der Waals surface area contributed by atoms with E-state index < -0.39 is 0 Å². The highest BCUT2D eigenvalue weighted by Gasteiger charge is 2.35. The molecular formula is C14H19N5O. The Balaban J connectivity index is 1.67. The number of hydrogen-bond donors (Lipinski definition) is 0. The summed E-state index contributed by atoms with van der Waals surface area (Å²) in [7, 11) is 0. The van der Waals surface area contributed by atoms with E-state index in [1.807, 2.05) is 11.0 Å². The predicted octanol–water partition coefficient (Wildman–Crippen LogP) is 1.33. The third kappa shape index (κ3) is 2.53. The highest BCUT2D eigenvalue weighted by Crippen LogP contribution is 2.35. The Kier molecular flexibility index (Phi) is 3.68. The maximum Gasteiger partial charge on any atom is 0.244 e. The van der Waals surface area contributed by atoms with Crippen LogP contribution in [0.15, 0.2) is 6.20 Å². The number of aromatic nitrogens is 3. The molecule has 1 saturated heterocycles. The number of carbonyl (C=O) groups is 1. The lowest BCUT2D eigenvalue weighted by molar-refractivity contribution is -0.138. The minimum Gasteiger partial charge on any atom is -0.338 e. The minimum absolute atomic E-state index is 0.107. The van der Waals surface area contributed by atoms with E-state index in [0.717, 1.165) is 19.4 Å². The summed E-state index contributed by atoms with van der Waals surface area (Å²) in [5.74, 6) is 0.794. The molecule has 1 aromatic rings. The van der Waals surface area contributed by atoms with E-state index in [0.29, 0.717) is 12.0 Å². The Morgan fingerprint density at radius 1 is 1.35 bits per heavy atom. The largest absolute Gasteiger partial charge is 0.338 e. The molecule has 0 N–H and O–H groups in total. The molecule has 2 unspecified atom stereocenters. The van der Waals surface area contributed by atoms with Crippen molar-refractivity contribution in [3.63, 3.8) is 0 Å². The van der Waals surface area contributed by atoms with E-state index in [4.69, 9.17) is 5.26 Å². The molecule has 1 aliphatic heterocycles. The van der Waals surface area contributed by atoms with Gasteiger partial charge in [0.25, 0.3) is 0 Å². The van der Waals surface area contributed by atoms with E-state index in [1.165, 1.54) is 36.6 Å². The summed E-state index contributed by atoms with van der Waals surface area (Å²) in [6, 6.07) is 2.35.